The van der Waals surface area contributed by atoms with Crippen LogP contribution in [0.15, 0.2) is 18.5 Å². The molecule has 2 aliphatic rings. The lowest BCUT2D eigenvalue weighted by Gasteiger charge is -2.40. The van der Waals surface area contributed by atoms with Crippen molar-refractivity contribution in [3.8, 4) is 0 Å². The van der Waals surface area contributed by atoms with Crippen molar-refractivity contribution in [1.82, 2.24) is 14.6 Å². The Kier molecular flexibility index (Phi) is 2.35. The molecule has 7 heteroatoms. The molecule has 2 aromatic rings. The summed E-state index contributed by atoms with van der Waals surface area (Å²) >= 11 is 5.97. The van der Waals surface area contributed by atoms with E-state index in [9.17, 15) is 8.78 Å². The van der Waals surface area contributed by atoms with Crippen LogP contribution in [0.4, 0.5) is 14.5 Å². The molecule has 4 rings (SSSR count). The Morgan fingerprint density at radius 1 is 1.25 bits per heavy atom. The van der Waals surface area contributed by atoms with Crippen LogP contribution in [0.1, 0.15) is 19.3 Å². The fraction of sp³-hybridized carbons (Fsp3) is 0.538. The molecule has 0 aromatic carbocycles. The summed E-state index contributed by atoms with van der Waals surface area (Å²) in [5, 5.41) is 4.35. The van der Waals surface area contributed by atoms with Gasteiger partial charge in [-0.25, -0.2) is 18.3 Å². The third kappa shape index (κ3) is 1.63. The molecule has 20 heavy (non-hydrogen) atoms. The average Bonchev–Trinajstić information content (AvgIpc) is 3.03. The Bertz CT molecular complexity index is 680. The molecule has 0 amide bonds. The number of hydrogen-bond acceptors (Lipinski definition) is 3. The second-order valence-electron chi connectivity index (χ2n) is 5.70. The number of imidazole rings is 1. The van der Waals surface area contributed by atoms with Gasteiger partial charge in [-0.3, -0.25) is 0 Å². The minimum absolute atomic E-state index is 0.268. The van der Waals surface area contributed by atoms with E-state index in [1.54, 1.807) is 23.4 Å². The number of rotatable bonds is 1. The fourth-order valence-corrected chi connectivity index (χ4v) is 3.28. The van der Waals surface area contributed by atoms with Crippen LogP contribution < -0.4 is 4.90 Å². The number of hydrogen-bond donors (Lipinski definition) is 0. The van der Waals surface area contributed by atoms with Crippen LogP contribution in [0.5, 0.6) is 0 Å². The van der Waals surface area contributed by atoms with E-state index in [0.29, 0.717) is 37.1 Å². The minimum atomic E-state index is -2.65. The third-order valence-corrected chi connectivity index (χ3v) is 4.71. The van der Waals surface area contributed by atoms with Crippen molar-refractivity contribution in [2.75, 3.05) is 18.0 Å². The molecule has 0 atom stereocenters. The molecule has 4 nitrogen and oxygen atoms in total. The minimum Gasteiger partial charge on any atom is -0.362 e. The molecule has 1 aliphatic carbocycles. The lowest BCUT2D eigenvalue weighted by Crippen LogP contribution is -2.50. The van der Waals surface area contributed by atoms with Gasteiger partial charge in [0.25, 0.3) is 5.92 Å². The van der Waals surface area contributed by atoms with E-state index in [0.717, 1.165) is 0 Å². The molecule has 2 fully saturated rings. The maximum absolute atomic E-state index is 14.3. The van der Waals surface area contributed by atoms with E-state index >= 15 is 0 Å². The third-order valence-electron chi connectivity index (χ3n) is 4.53. The molecular weight excluding hydrogens is 286 g/mol. The first-order valence-electron chi connectivity index (χ1n) is 6.64. The Balaban J connectivity index is 1.75. The summed E-state index contributed by atoms with van der Waals surface area (Å²) in [6, 6.07) is 1.62. The van der Waals surface area contributed by atoms with Crippen molar-refractivity contribution in [3.63, 3.8) is 0 Å². The molecular formula is C13H13ClF2N4. The van der Waals surface area contributed by atoms with Gasteiger partial charge in [-0.1, -0.05) is 11.6 Å². The van der Waals surface area contributed by atoms with Crippen molar-refractivity contribution in [3.05, 3.63) is 23.6 Å². The predicted molar refractivity (Wildman–Crippen MR) is 71.4 cm³/mol. The summed E-state index contributed by atoms with van der Waals surface area (Å²) in [5.74, 6) is -2.65. The van der Waals surface area contributed by atoms with Crippen molar-refractivity contribution in [2.24, 2.45) is 5.41 Å². The number of fused-ring (bicyclic) bond motifs is 1. The van der Waals surface area contributed by atoms with E-state index < -0.39 is 11.3 Å². The summed E-state index contributed by atoms with van der Waals surface area (Å²) in [6.07, 6.45) is 5.06. The zero-order valence-electron chi connectivity index (χ0n) is 10.7. The summed E-state index contributed by atoms with van der Waals surface area (Å²) in [5.41, 5.74) is 0.452. The van der Waals surface area contributed by atoms with E-state index in [1.807, 2.05) is 0 Å². The van der Waals surface area contributed by atoms with E-state index in [2.05, 4.69) is 10.1 Å². The monoisotopic (exact) mass is 298 g/mol. The van der Waals surface area contributed by atoms with Gasteiger partial charge >= 0.3 is 0 Å². The van der Waals surface area contributed by atoms with Crippen molar-refractivity contribution >= 4 is 22.9 Å². The van der Waals surface area contributed by atoms with Crippen molar-refractivity contribution < 1.29 is 8.78 Å². The van der Waals surface area contributed by atoms with E-state index in [4.69, 9.17) is 11.6 Å². The number of aromatic nitrogens is 3. The quantitative estimate of drug-likeness (QED) is 0.811. The number of alkyl halides is 2. The van der Waals surface area contributed by atoms with Gasteiger partial charge in [0.15, 0.2) is 10.8 Å². The normalized spacial score (nSPS) is 23.4. The van der Waals surface area contributed by atoms with Crippen LogP contribution in [-0.4, -0.2) is 33.6 Å². The summed E-state index contributed by atoms with van der Waals surface area (Å²) < 4.78 is 30.1. The highest BCUT2D eigenvalue weighted by molar-refractivity contribution is 6.29. The maximum atomic E-state index is 14.3. The molecule has 1 saturated heterocycles. The van der Waals surface area contributed by atoms with Crippen molar-refractivity contribution in [1.29, 1.82) is 0 Å². The van der Waals surface area contributed by atoms with E-state index in [-0.39, 0.29) is 11.7 Å². The van der Waals surface area contributed by atoms with Gasteiger partial charge in [0, 0.05) is 30.4 Å². The van der Waals surface area contributed by atoms with E-state index in [1.165, 1.54) is 4.52 Å². The Labute approximate surface area is 119 Å². The molecule has 1 spiro atoms. The molecule has 1 saturated carbocycles. The Morgan fingerprint density at radius 3 is 2.75 bits per heavy atom. The van der Waals surface area contributed by atoms with Gasteiger partial charge in [-0.15, -0.1) is 0 Å². The Hall–Kier alpha value is -1.43. The zero-order valence-corrected chi connectivity index (χ0v) is 11.4. The standard InChI is InChI=1S/C13H13ClF2N4/c14-10-7-9(11-17-4-6-20(11)18-10)19-5-3-12(1-2-12)13(15,16)8-19/h4,6-7H,1-3,5,8H2. The molecule has 0 N–H and O–H groups in total. The molecule has 106 valence electrons. The largest absolute Gasteiger partial charge is 0.362 e. The molecule has 1 aliphatic heterocycles. The summed E-state index contributed by atoms with van der Waals surface area (Å²) in [4.78, 5) is 5.87. The first-order valence-corrected chi connectivity index (χ1v) is 7.01. The number of anilines is 1. The van der Waals surface area contributed by atoms with Crippen molar-refractivity contribution in [2.45, 2.75) is 25.2 Å². The van der Waals surface area contributed by atoms with Gasteiger partial charge in [0.2, 0.25) is 0 Å². The molecule has 3 heterocycles. The van der Waals surface area contributed by atoms with Gasteiger partial charge in [-0.05, 0) is 19.3 Å². The van der Waals surface area contributed by atoms with Crippen LogP contribution in [0.2, 0.25) is 5.15 Å². The number of piperidine rings is 1. The van der Waals surface area contributed by atoms with Crippen LogP contribution in [0.3, 0.4) is 0 Å². The lowest BCUT2D eigenvalue weighted by molar-refractivity contribution is -0.0793. The highest BCUT2D eigenvalue weighted by atomic mass is 35.5. The molecule has 0 radical (unpaired) electrons. The fourth-order valence-electron chi connectivity index (χ4n) is 3.09. The van der Waals surface area contributed by atoms with Gasteiger partial charge < -0.3 is 4.90 Å². The molecule has 2 aromatic heterocycles. The van der Waals surface area contributed by atoms with Crippen LogP contribution in [-0.2, 0) is 0 Å². The molecule has 0 unspecified atom stereocenters. The number of halogens is 3. The number of nitrogens with zero attached hydrogens (tertiary/aromatic N) is 4. The topological polar surface area (TPSA) is 33.4 Å². The van der Waals surface area contributed by atoms with Gasteiger partial charge in [0.1, 0.15) is 0 Å². The highest BCUT2D eigenvalue weighted by Gasteiger charge is 2.63. The first-order chi connectivity index (χ1) is 9.51. The van der Waals surface area contributed by atoms with Crippen LogP contribution in [0, 0.1) is 5.41 Å². The summed E-state index contributed by atoms with van der Waals surface area (Å²) in [7, 11) is 0. The second-order valence-corrected chi connectivity index (χ2v) is 6.09. The SMILES string of the molecule is FC1(F)CN(c2cc(Cl)nn3ccnc23)CCC12CC2. The predicted octanol–water partition coefficient (Wildman–Crippen LogP) is 3.01. The zero-order chi connectivity index (χ0) is 14.0. The average molecular weight is 299 g/mol. The smallest absolute Gasteiger partial charge is 0.270 e. The first kappa shape index (κ1) is 12.3. The van der Waals surface area contributed by atoms with Gasteiger partial charge in [0.05, 0.1) is 12.2 Å². The van der Waals surface area contributed by atoms with Crippen LogP contribution >= 0.6 is 11.6 Å². The summed E-state index contributed by atoms with van der Waals surface area (Å²) in [6.45, 7) is 0.342. The lowest BCUT2D eigenvalue weighted by atomic mass is 9.89. The Morgan fingerprint density at radius 2 is 2.05 bits per heavy atom. The highest BCUT2D eigenvalue weighted by Crippen LogP contribution is 2.61. The molecule has 0 bridgehead atoms. The maximum Gasteiger partial charge on any atom is 0.270 e. The second kappa shape index (κ2) is 3.81. The van der Waals surface area contributed by atoms with Gasteiger partial charge in [-0.2, -0.15) is 5.10 Å². The van der Waals surface area contributed by atoms with Crippen LogP contribution in [0.25, 0.3) is 5.65 Å².